The number of hydrazone groups is 1. The largest absolute Gasteiger partial charge is 0.384 e. The standard InChI is InChI=1S/C18H18N4O3/c23-17-15(21-19-12-7-3-1-4-8-12)14-11-24-18(25-14)16(17)22-20-13-9-5-2-6-10-13/h1-10,14-15,17-18,20,23H,11H2. The van der Waals surface area contributed by atoms with Crippen molar-refractivity contribution in [3.63, 3.8) is 0 Å². The lowest BCUT2D eigenvalue weighted by Gasteiger charge is -2.29. The summed E-state index contributed by atoms with van der Waals surface area (Å²) in [6.07, 6.45) is -1.91. The number of anilines is 1. The summed E-state index contributed by atoms with van der Waals surface area (Å²) in [5.74, 6) is 0. The fraction of sp³-hybridized carbons (Fsp3) is 0.278. The molecule has 2 fully saturated rings. The van der Waals surface area contributed by atoms with Gasteiger partial charge in [-0.3, -0.25) is 5.43 Å². The second-order valence-corrected chi connectivity index (χ2v) is 5.84. The van der Waals surface area contributed by atoms with Crippen molar-refractivity contribution in [1.29, 1.82) is 0 Å². The van der Waals surface area contributed by atoms with Crippen LogP contribution in [0.2, 0.25) is 0 Å². The zero-order valence-corrected chi connectivity index (χ0v) is 13.4. The Morgan fingerprint density at radius 2 is 1.72 bits per heavy atom. The maximum absolute atomic E-state index is 10.7. The molecule has 2 aliphatic heterocycles. The highest BCUT2D eigenvalue weighted by atomic mass is 16.7. The Bertz CT molecular complexity index is 766. The molecule has 0 saturated carbocycles. The first-order valence-electron chi connectivity index (χ1n) is 8.11. The van der Waals surface area contributed by atoms with Crippen molar-refractivity contribution in [3.05, 3.63) is 60.7 Å². The van der Waals surface area contributed by atoms with Gasteiger partial charge in [0.05, 0.1) is 18.0 Å². The van der Waals surface area contributed by atoms with E-state index in [1.165, 1.54) is 0 Å². The Morgan fingerprint density at radius 1 is 1.00 bits per heavy atom. The second-order valence-electron chi connectivity index (χ2n) is 5.84. The van der Waals surface area contributed by atoms with Crippen LogP contribution in [0.3, 0.4) is 0 Å². The summed E-state index contributed by atoms with van der Waals surface area (Å²) >= 11 is 0. The molecular weight excluding hydrogens is 320 g/mol. The van der Waals surface area contributed by atoms with E-state index in [2.05, 4.69) is 20.8 Å². The SMILES string of the molecule is OC1C(=NNc2ccccc2)C2OCC(O2)C1N=Nc1ccccc1. The van der Waals surface area contributed by atoms with E-state index in [0.717, 1.165) is 11.4 Å². The molecule has 0 amide bonds. The normalized spacial score (nSPS) is 30.0. The van der Waals surface area contributed by atoms with Crippen LogP contribution in [0.15, 0.2) is 76.0 Å². The molecule has 2 aromatic carbocycles. The van der Waals surface area contributed by atoms with Gasteiger partial charge in [-0.1, -0.05) is 36.4 Å². The number of benzene rings is 2. The van der Waals surface area contributed by atoms with E-state index in [0.29, 0.717) is 12.3 Å². The second kappa shape index (κ2) is 7.10. The Labute approximate surface area is 145 Å². The third kappa shape index (κ3) is 3.43. The molecule has 2 N–H and O–H groups in total. The van der Waals surface area contributed by atoms with E-state index >= 15 is 0 Å². The maximum atomic E-state index is 10.7. The molecule has 2 saturated heterocycles. The molecule has 2 heterocycles. The minimum atomic E-state index is -0.921. The van der Waals surface area contributed by atoms with E-state index in [1.807, 2.05) is 60.7 Å². The van der Waals surface area contributed by atoms with Crippen LogP contribution in [0.25, 0.3) is 0 Å². The number of rotatable bonds is 4. The van der Waals surface area contributed by atoms with Crippen LogP contribution in [0.5, 0.6) is 0 Å². The van der Waals surface area contributed by atoms with Crippen molar-refractivity contribution in [2.75, 3.05) is 12.0 Å². The first kappa shape index (κ1) is 15.9. The first-order valence-corrected chi connectivity index (χ1v) is 8.11. The first-order chi connectivity index (χ1) is 12.3. The van der Waals surface area contributed by atoms with Gasteiger partial charge in [0.25, 0.3) is 0 Å². The third-order valence-electron chi connectivity index (χ3n) is 4.11. The van der Waals surface area contributed by atoms with E-state index in [4.69, 9.17) is 9.47 Å². The topological polar surface area (TPSA) is 87.8 Å². The minimum Gasteiger partial charge on any atom is -0.384 e. The monoisotopic (exact) mass is 338 g/mol. The molecule has 7 nitrogen and oxygen atoms in total. The average Bonchev–Trinajstić information content (AvgIpc) is 3.09. The smallest absolute Gasteiger partial charge is 0.202 e. The Hall–Kier alpha value is -2.61. The number of ether oxygens (including phenoxy) is 2. The lowest BCUT2D eigenvalue weighted by atomic mass is 10.00. The molecule has 2 aromatic rings. The van der Waals surface area contributed by atoms with E-state index in [-0.39, 0.29) is 6.10 Å². The van der Waals surface area contributed by atoms with Crippen LogP contribution in [-0.4, -0.2) is 42.0 Å². The number of azo groups is 1. The van der Waals surface area contributed by atoms with Crippen molar-refractivity contribution < 1.29 is 14.6 Å². The van der Waals surface area contributed by atoms with Crippen LogP contribution in [0.4, 0.5) is 11.4 Å². The molecule has 4 atom stereocenters. The number of para-hydroxylation sites is 1. The van der Waals surface area contributed by atoms with Gasteiger partial charge in [0.1, 0.15) is 24.0 Å². The average molecular weight is 338 g/mol. The predicted molar refractivity (Wildman–Crippen MR) is 92.9 cm³/mol. The Kier molecular flexibility index (Phi) is 4.51. The molecule has 2 bridgehead atoms. The highest BCUT2D eigenvalue weighted by Gasteiger charge is 2.48. The number of aliphatic hydroxyl groups excluding tert-OH is 1. The molecule has 128 valence electrons. The fourth-order valence-electron chi connectivity index (χ4n) is 2.80. The van der Waals surface area contributed by atoms with Crippen molar-refractivity contribution in [2.24, 2.45) is 15.3 Å². The predicted octanol–water partition coefficient (Wildman–Crippen LogP) is 2.72. The summed E-state index contributed by atoms with van der Waals surface area (Å²) in [7, 11) is 0. The van der Waals surface area contributed by atoms with E-state index in [1.54, 1.807) is 0 Å². The molecule has 4 rings (SSSR count). The van der Waals surface area contributed by atoms with Crippen LogP contribution >= 0.6 is 0 Å². The maximum Gasteiger partial charge on any atom is 0.202 e. The number of aliphatic hydroxyl groups is 1. The molecular formula is C18H18N4O3. The van der Waals surface area contributed by atoms with E-state index in [9.17, 15) is 5.11 Å². The highest BCUT2D eigenvalue weighted by Crippen LogP contribution is 2.29. The van der Waals surface area contributed by atoms with Crippen LogP contribution in [0, 0.1) is 0 Å². The molecule has 2 aliphatic rings. The molecule has 0 aromatic heterocycles. The summed E-state index contributed by atoms with van der Waals surface area (Å²) < 4.78 is 11.3. The molecule has 0 radical (unpaired) electrons. The number of nitrogens with zero attached hydrogens (tertiary/aromatic N) is 3. The molecule has 0 spiro atoms. The number of hydrogen-bond donors (Lipinski definition) is 2. The molecule has 7 heteroatoms. The van der Waals surface area contributed by atoms with Gasteiger partial charge in [-0.25, -0.2) is 0 Å². The Morgan fingerprint density at radius 3 is 2.48 bits per heavy atom. The van der Waals surface area contributed by atoms with Crippen molar-refractivity contribution in [1.82, 2.24) is 0 Å². The lowest BCUT2D eigenvalue weighted by Crippen LogP contribution is -2.50. The zero-order valence-electron chi connectivity index (χ0n) is 13.4. The van der Waals surface area contributed by atoms with Gasteiger partial charge in [-0.15, -0.1) is 0 Å². The zero-order chi connectivity index (χ0) is 17.1. The van der Waals surface area contributed by atoms with Gasteiger partial charge in [-0.2, -0.15) is 15.3 Å². The number of fused-ring (bicyclic) bond motifs is 2. The summed E-state index contributed by atoms with van der Waals surface area (Å²) in [5, 5.41) is 23.4. The van der Waals surface area contributed by atoms with Gasteiger partial charge >= 0.3 is 0 Å². The van der Waals surface area contributed by atoms with Gasteiger partial charge in [0, 0.05) is 0 Å². The van der Waals surface area contributed by atoms with Crippen LogP contribution in [-0.2, 0) is 9.47 Å². The third-order valence-corrected chi connectivity index (χ3v) is 4.11. The van der Waals surface area contributed by atoms with Gasteiger partial charge < -0.3 is 14.6 Å². The van der Waals surface area contributed by atoms with Gasteiger partial charge in [-0.05, 0) is 24.3 Å². The Balaban J connectivity index is 1.54. The summed E-state index contributed by atoms with van der Waals surface area (Å²) in [6.45, 7) is 0.352. The van der Waals surface area contributed by atoms with Gasteiger partial charge in [0.15, 0.2) is 0 Å². The van der Waals surface area contributed by atoms with Crippen LogP contribution in [0.1, 0.15) is 0 Å². The molecule has 0 aliphatic carbocycles. The van der Waals surface area contributed by atoms with Crippen molar-refractivity contribution in [3.8, 4) is 0 Å². The summed E-state index contributed by atoms with van der Waals surface area (Å²) in [4.78, 5) is 0. The fourth-order valence-corrected chi connectivity index (χ4v) is 2.80. The lowest BCUT2D eigenvalue weighted by molar-refractivity contribution is -0.0445. The van der Waals surface area contributed by atoms with Crippen molar-refractivity contribution >= 4 is 17.1 Å². The molecule has 25 heavy (non-hydrogen) atoms. The quantitative estimate of drug-likeness (QED) is 0.663. The summed E-state index contributed by atoms with van der Waals surface area (Å²) in [6, 6.07) is 18.3. The highest BCUT2D eigenvalue weighted by molar-refractivity contribution is 5.94. The van der Waals surface area contributed by atoms with Crippen LogP contribution < -0.4 is 5.43 Å². The molecule has 4 unspecified atom stereocenters. The van der Waals surface area contributed by atoms with Gasteiger partial charge in [0.2, 0.25) is 6.29 Å². The summed E-state index contributed by atoms with van der Waals surface area (Å²) in [5.41, 5.74) is 4.82. The van der Waals surface area contributed by atoms with E-state index < -0.39 is 18.4 Å². The number of nitrogens with one attached hydrogen (secondary N) is 1. The minimum absolute atomic E-state index is 0.330. The number of hydrogen-bond acceptors (Lipinski definition) is 7. The van der Waals surface area contributed by atoms with Crippen molar-refractivity contribution in [2.45, 2.75) is 24.5 Å².